The van der Waals surface area contributed by atoms with Crippen LogP contribution >= 0.6 is 0 Å². The van der Waals surface area contributed by atoms with Gasteiger partial charge in [-0.05, 0) is 109 Å². The SMILES string of the molecule is CN(C)C=C1CC(=CN(C)C)C(CCCCC2C(=CN(C)C)CC(=CN(C)C)CC2=CN(C)C)C(=CN(C)C)C1. The molecule has 0 heterocycles. The van der Waals surface area contributed by atoms with E-state index in [0.29, 0.717) is 11.8 Å². The Bertz CT molecular complexity index is 848. The van der Waals surface area contributed by atoms with Crippen molar-refractivity contribution >= 4 is 0 Å². The molecule has 2 aliphatic carbocycles. The van der Waals surface area contributed by atoms with Crippen LogP contribution in [0.1, 0.15) is 51.4 Å². The number of hydrogen-bond donors (Lipinski definition) is 0. The van der Waals surface area contributed by atoms with Crippen LogP contribution in [-0.4, -0.2) is 114 Å². The summed E-state index contributed by atoms with van der Waals surface area (Å²) in [5.74, 6) is 1.03. The van der Waals surface area contributed by atoms with Gasteiger partial charge in [0, 0.05) is 96.4 Å². The lowest BCUT2D eigenvalue weighted by Crippen LogP contribution is -2.22. The van der Waals surface area contributed by atoms with Crippen molar-refractivity contribution in [3.05, 3.63) is 70.6 Å². The molecule has 0 atom stereocenters. The van der Waals surface area contributed by atoms with Gasteiger partial charge in [-0.3, -0.25) is 0 Å². The van der Waals surface area contributed by atoms with E-state index in [9.17, 15) is 0 Å². The van der Waals surface area contributed by atoms with E-state index >= 15 is 0 Å². The highest BCUT2D eigenvalue weighted by Gasteiger charge is 2.29. The first-order valence-electron chi connectivity index (χ1n) is 14.9. The summed E-state index contributed by atoms with van der Waals surface area (Å²) >= 11 is 0. The highest BCUT2D eigenvalue weighted by atomic mass is 15.1. The highest BCUT2D eigenvalue weighted by Crippen LogP contribution is 2.43. The molecule has 2 rings (SSSR count). The third-order valence-electron chi connectivity index (χ3n) is 7.33. The Morgan fingerprint density at radius 1 is 0.400 bits per heavy atom. The summed E-state index contributed by atoms with van der Waals surface area (Å²) in [5.41, 5.74) is 9.21. The van der Waals surface area contributed by atoms with Crippen molar-refractivity contribution in [2.45, 2.75) is 51.4 Å². The molecule has 0 spiro atoms. The van der Waals surface area contributed by atoms with Crippen LogP contribution in [0.25, 0.3) is 0 Å². The lowest BCUT2D eigenvalue weighted by atomic mass is 9.74. The Morgan fingerprint density at radius 2 is 0.625 bits per heavy atom. The quantitative estimate of drug-likeness (QED) is 0.289. The van der Waals surface area contributed by atoms with E-state index in [1.165, 1.54) is 36.8 Å². The summed E-state index contributed by atoms with van der Waals surface area (Å²) in [6.45, 7) is 0. The normalized spacial score (nSPS) is 23.6. The molecule has 2 fully saturated rings. The number of nitrogens with zero attached hydrogens (tertiary/aromatic N) is 6. The minimum Gasteiger partial charge on any atom is -0.384 e. The molecule has 0 aliphatic heterocycles. The Hall–Kier alpha value is -2.76. The van der Waals surface area contributed by atoms with E-state index < -0.39 is 0 Å². The fraction of sp³-hybridized carbons (Fsp3) is 0.647. The molecule has 6 nitrogen and oxygen atoms in total. The molecule has 2 saturated carbocycles. The van der Waals surface area contributed by atoms with Gasteiger partial charge in [0.1, 0.15) is 0 Å². The van der Waals surface area contributed by atoms with Crippen LogP contribution in [0.4, 0.5) is 0 Å². The summed E-state index contributed by atoms with van der Waals surface area (Å²) in [7, 11) is 25.8. The van der Waals surface area contributed by atoms with Crippen molar-refractivity contribution in [3.63, 3.8) is 0 Å². The van der Waals surface area contributed by atoms with Crippen molar-refractivity contribution in [1.29, 1.82) is 0 Å². The van der Waals surface area contributed by atoms with E-state index in [1.807, 2.05) is 0 Å². The molecule has 0 radical (unpaired) electrons. The fourth-order valence-electron chi connectivity index (χ4n) is 6.36. The molecule has 0 aromatic rings. The lowest BCUT2D eigenvalue weighted by molar-refractivity contribution is 0.450. The Morgan fingerprint density at radius 3 is 0.825 bits per heavy atom. The summed E-state index contributed by atoms with van der Waals surface area (Å²) in [6, 6.07) is 0. The van der Waals surface area contributed by atoms with E-state index in [2.05, 4.69) is 151 Å². The van der Waals surface area contributed by atoms with Crippen molar-refractivity contribution < 1.29 is 0 Å². The zero-order chi connectivity index (χ0) is 30.0. The van der Waals surface area contributed by atoms with Gasteiger partial charge in [-0.2, -0.15) is 0 Å². The Balaban J connectivity index is 2.27. The number of unbranched alkanes of at least 4 members (excludes halogenated alkanes) is 1. The van der Waals surface area contributed by atoms with Gasteiger partial charge in [-0.15, -0.1) is 0 Å². The largest absolute Gasteiger partial charge is 0.384 e. The molecule has 226 valence electrons. The van der Waals surface area contributed by atoms with Gasteiger partial charge < -0.3 is 29.4 Å². The van der Waals surface area contributed by atoms with Crippen LogP contribution in [0.15, 0.2) is 70.6 Å². The van der Waals surface area contributed by atoms with Gasteiger partial charge in [0.05, 0.1) is 0 Å². The van der Waals surface area contributed by atoms with Gasteiger partial charge in [0.2, 0.25) is 0 Å². The summed E-state index contributed by atoms with van der Waals surface area (Å²) in [4.78, 5) is 13.3. The van der Waals surface area contributed by atoms with E-state index in [4.69, 9.17) is 0 Å². The predicted molar refractivity (Wildman–Crippen MR) is 175 cm³/mol. The first kappa shape index (κ1) is 33.4. The fourth-order valence-corrected chi connectivity index (χ4v) is 6.36. The molecule has 0 unspecified atom stereocenters. The maximum absolute atomic E-state index is 2.38. The van der Waals surface area contributed by atoms with Crippen LogP contribution in [0, 0.1) is 11.8 Å². The maximum atomic E-state index is 2.38. The van der Waals surface area contributed by atoms with Gasteiger partial charge in [-0.1, -0.05) is 12.8 Å². The molecule has 6 heteroatoms. The van der Waals surface area contributed by atoms with E-state index in [0.717, 1.165) is 25.7 Å². The zero-order valence-electron chi connectivity index (χ0n) is 28.0. The minimum absolute atomic E-state index is 0.513. The molecule has 40 heavy (non-hydrogen) atoms. The van der Waals surface area contributed by atoms with E-state index in [-0.39, 0.29) is 0 Å². The second-order valence-electron chi connectivity index (χ2n) is 13.3. The zero-order valence-corrected chi connectivity index (χ0v) is 28.0. The third kappa shape index (κ3) is 11.4. The molecule has 0 bridgehead atoms. The highest BCUT2D eigenvalue weighted by molar-refractivity contribution is 5.36. The first-order valence-corrected chi connectivity index (χ1v) is 14.9. The molecule has 0 amide bonds. The standard InChI is InChI=1S/C34H60N6/c1-35(2)21-27-17-29(23-37(5)6)33(30(18-27)24-38(7)8)15-13-14-16-34-31(25-39(9)10)19-28(22-36(3)4)20-32(34)26-40(11)12/h21-26,33-34H,13-20H2,1-12H3. The van der Waals surface area contributed by atoms with Crippen LogP contribution in [-0.2, 0) is 0 Å². The topological polar surface area (TPSA) is 19.4 Å². The molecule has 0 saturated heterocycles. The smallest absolute Gasteiger partial charge is 0.00556 e. The van der Waals surface area contributed by atoms with Crippen LogP contribution in [0.2, 0.25) is 0 Å². The van der Waals surface area contributed by atoms with E-state index in [1.54, 1.807) is 22.3 Å². The van der Waals surface area contributed by atoms with Crippen LogP contribution < -0.4 is 0 Å². The molecule has 0 aromatic carbocycles. The molecule has 0 aromatic heterocycles. The van der Waals surface area contributed by atoms with Crippen molar-refractivity contribution in [3.8, 4) is 0 Å². The third-order valence-corrected chi connectivity index (χ3v) is 7.33. The second kappa shape index (κ2) is 15.9. The van der Waals surface area contributed by atoms with Crippen LogP contribution in [0.3, 0.4) is 0 Å². The second-order valence-corrected chi connectivity index (χ2v) is 13.3. The van der Waals surface area contributed by atoms with Crippen molar-refractivity contribution in [1.82, 2.24) is 29.4 Å². The molecular weight excluding hydrogens is 492 g/mol. The van der Waals surface area contributed by atoms with Gasteiger partial charge in [0.15, 0.2) is 0 Å². The van der Waals surface area contributed by atoms with Gasteiger partial charge in [0.25, 0.3) is 0 Å². The van der Waals surface area contributed by atoms with Crippen molar-refractivity contribution in [2.75, 3.05) is 84.6 Å². The van der Waals surface area contributed by atoms with Gasteiger partial charge >= 0.3 is 0 Å². The number of rotatable bonds is 11. The predicted octanol–water partition coefficient (Wildman–Crippen LogP) is 6.04. The monoisotopic (exact) mass is 552 g/mol. The first-order chi connectivity index (χ1) is 18.7. The molecular formula is C34H60N6. The number of allylic oxidation sites excluding steroid dienone is 6. The maximum Gasteiger partial charge on any atom is 0.00556 e. The Kier molecular flexibility index (Phi) is 13.3. The average Bonchev–Trinajstić information content (AvgIpc) is 2.77. The van der Waals surface area contributed by atoms with Crippen LogP contribution in [0.5, 0.6) is 0 Å². The molecule has 0 N–H and O–H groups in total. The average molecular weight is 553 g/mol. The number of hydrogen-bond acceptors (Lipinski definition) is 6. The minimum atomic E-state index is 0.513. The van der Waals surface area contributed by atoms with Gasteiger partial charge in [-0.25, -0.2) is 0 Å². The molecule has 2 aliphatic rings. The summed E-state index contributed by atoms with van der Waals surface area (Å²) < 4.78 is 0. The van der Waals surface area contributed by atoms with Crippen molar-refractivity contribution in [2.24, 2.45) is 11.8 Å². The lowest BCUT2D eigenvalue weighted by Gasteiger charge is -2.34. The Labute approximate surface area is 247 Å². The summed E-state index contributed by atoms with van der Waals surface area (Å²) in [6.07, 6.45) is 23.4. The summed E-state index contributed by atoms with van der Waals surface area (Å²) in [5, 5.41) is 0.